The third-order valence-electron chi connectivity index (χ3n) is 3.29. The average molecular weight is 318 g/mol. The van der Waals surface area contributed by atoms with Crippen LogP contribution >= 0.6 is 24.4 Å². The van der Waals surface area contributed by atoms with Crippen molar-refractivity contribution in [3.05, 3.63) is 59.5 Å². The highest BCUT2D eigenvalue weighted by atomic mass is 35.5. The lowest BCUT2D eigenvalue weighted by Gasteiger charge is -2.02. The van der Waals surface area contributed by atoms with Crippen molar-refractivity contribution in [3.63, 3.8) is 0 Å². The van der Waals surface area contributed by atoms with Crippen LogP contribution in [0.3, 0.4) is 0 Å². The Bertz CT molecular complexity index is 801. The maximum Gasteiger partial charge on any atom is 0.179 e. The van der Waals surface area contributed by atoms with Gasteiger partial charge in [-0.3, -0.25) is 8.77 Å². The molecule has 106 valence electrons. The molecule has 0 spiro atoms. The van der Waals surface area contributed by atoms with E-state index in [1.165, 1.54) is 0 Å². The summed E-state index contributed by atoms with van der Waals surface area (Å²) in [5.74, 6) is -0.134. The normalized spacial score (nSPS) is 11.0. The third kappa shape index (κ3) is 2.80. The molecule has 0 aliphatic rings. The van der Waals surface area contributed by atoms with Crippen molar-refractivity contribution in [1.29, 1.82) is 0 Å². The first kappa shape index (κ1) is 14.1. The topological polar surface area (TPSA) is 47.8 Å². The van der Waals surface area contributed by atoms with Gasteiger partial charge < -0.3 is 0 Å². The van der Waals surface area contributed by atoms with Gasteiger partial charge >= 0.3 is 0 Å². The van der Waals surface area contributed by atoms with Gasteiger partial charge in [0.25, 0.3) is 0 Å². The number of fused-ring (bicyclic) bond motifs is 1. The van der Waals surface area contributed by atoms with Crippen LogP contribution in [-0.2, 0) is 6.42 Å². The lowest BCUT2D eigenvalue weighted by molar-refractivity contribution is 0.102. The highest BCUT2D eigenvalue weighted by molar-refractivity contribution is 7.78. The van der Waals surface area contributed by atoms with Gasteiger partial charge in [0, 0.05) is 29.8 Å². The van der Waals surface area contributed by atoms with E-state index in [0.29, 0.717) is 12.0 Å². The van der Waals surface area contributed by atoms with E-state index >= 15 is 0 Å². The quantitative estimate of drug-likeness (QED) is 0.457. The summed E-state index contributed by atoms with van der Waals surface area (Å²) in [6.45, 7) is 0. The molecule has 0 atom stereocenters. The van der Waals surface area contributed by atoms with Crippen LogP contribution in [0.5, 0.6) is 0 Å². The number of hydrogen-bond acceptors (Lipinski definition) is 4. The van der Waals surface area contributed by atoms with E-state index in [9.17, 15) is 4.79 Å². The Kier molecular flexibility index (Phi) is 3.94. The number of carbonyl (C=O) groups excluding carboxylic acids is 1. The van der Waals surface area contributed by atoms with Crippen LogP contribution in [0.1, 0.15) is 21.6 Å². The van der Waals surface area contributed by atoms with Crippen LogP contribution in [0.4, 0.5) is 0 Å². The number of carbonyl (C=O) groups is 1. The first-order valence-corrected chi connectivity index (χ1v) is 7.31. The van der Waals surface area contributed by atoms with E-state index in [-0.39, 0.29) is 11.7 Å². The number of hydrogen-bond donors (Lipinski definition) is 1. The summed E-state index contributed by atoms with van der Waals surface area (Å²) in [7, 11) is 0. The van der Waals surface area contributed by atoms with Gasteiger partial charge in [-0.05, 0) is 23.8 Å². The second-order valence-corrected chi connectivity index (χ2v) is 5.39. The summed E-state index contributed by atoms with van der Waals surface area (Å²) >= 11 is 10.0. The summed E-state index contributed by atoms with van der Waals surface area (Å²) in [5.41, 5.74) is 3.46. The minimum Gasteiger partial charge on any atom is -0.293 e. The summed E-state index contributed by atoms with van der Waals surface area (Å²) < 4.78 is 1.65. The lowest BCUT2D eigenvalue weighted by atomic mass is 10.0. The Hall–Kier alpha value is -1.85. The average Bonchev–Trinajstić information content (AvgIpc) is 2.84. The summed E-state index contributed by atoms with van der Waals surface area (Å²) in [4.78, 5) is 11.8. The van der Waals surface area contributed by atoms with Crippen molar-refractivity contribution < 1.29 is 4.79 Å². The van der Waals surface area contributed by atoms with Crippen molar-refractivity contribution in [3.8, 4) is 0 Å². The first-order chi connectivity index (χ1) is 10.2. The highest BCUT2D eigenvalue weighted by Crippen LogP contribution is 2.25. The first-order valence-electron chi connectivity index (χ1n) is 6.38. The number of thiol groups is 1. The van der Waals surface area contributed by atoms with Crippen LogP contribution in [0, 0.1) is 0 Å². The molecule has 3 aromatic rings. The predicted octanol–water partition coefficient (Wildman–Crippen LogP) is 3.14. The fourth-order valence-corrected chi connectivity index (χ4v) is 2.72. The molecule has 2 heterocycles. The molecule has 0 saturated heterocycles. The fourth-order valence-electron chi connectivity index (χ4n) is 2.30. The Morgan fingerprint density at radius 3 is 2.90 bits per heavy atom. The van der Waals surface area contributed by atoms with Crippen LogP contribution in [0.15, 0.2) is 42.7 Å². The van der Waals surface area contributed by atoms with Gasteiger partial charge in [-0.2, -0.15) is 10.2 Å². The lowest BCUT2D eigenvalue weighted by Crippen LogP contribution is -1.98. The molecule has 0 aliphatic heterocycles. The number of benzene rings is 1. The molecule has 4 nitrogen and oxygen atoms in total. The minimum absolute atomic E-state index is 0.0335. The molecule has 0 radical (unpaired) electrons. The molecule has 2 aromatic heterocycles. The van der Waals surface area contributed by atoms with E-state index in [1.807, 2.05) is 30.3 Å². The van der Waals surface area contributed by atoms with Crippen LogP contribution in [-0.4, -0.2) is 25.8 Å². The van der Waals surface area contributed by atoms with Crippen molar-refractivity contribution in [2.75, 3.05) is 5.88 Å². The van der Waals surface area contributed by atoms with Gasteiger partial charge in [-0.25, -0.2) is 0 Å². The number of aromatic nitrogens is 3. The van der Waals surface area contributed by atoms with E-state index < -0.39 is 0 Å². The highest BCUT2D eigenvalue weighted by Gasteiger charge is 2.13. The molecule has 6 heteroatoms. The molecule has 0 aliphatic carbocycles. The molecular formula is C15H12ClN3OS. The molecule has 0 N–H and O–H groups in total. The predicted molar refractivity (Wildman–Crippen MR) is 86.2 cm³/mol. The smallest absolute Gasteiger partial charge is 0.179 e. The summed E-state index contributed by atoms with van der Waals surface area (Å²) in [6.07, 6.45) is 4.03. The summed E-state index contributed by atoms with van der Waals surface area (Å²) in [6, 6.07) is 9.70. The van der Waals surface area contributed by atoms with Crippen molar-refractivity contribution in [2.24, 2.45) is 0 Å². The molecule has 3 rings (SSSR count). The maximum absolute atomic E-state index is 11.8. The van der Waals surface area contributed by atoms with Crippen LogP contribution in [0.2, 0.25) is 0 Å². The minimum atomic E-state index is -0.101. The number of halogens is 1. The second-order valence-electron chi connectivity index (χ2n) is 4.69. The third-order valence-corrected chi connectivity index (χ3v) is 3.86. The van der Waals surface area contributed by atoms with E-state index in [4.69, 9.17) is 11.6 Å². The fraction of sp³-hybridized carbons (Fsp3) is 0.133. The van der Waals surface area contributed by atoms with E-state index in [2.05, 4.69) is 23.0 Å². The van der Waals surface area contributed by atoms with Gasteiger partial charge in [0.1, 0.15) is 0 Å². The zero-order valence-electron chi connectivity index (χ0n) is 11.0. The van der Waals surface area contributed by atoms with Crippen molar-refractivity contribution in [2.45, 2.75) is 6.42 Å². The van der Waals surface area contributed by atoms with Gasteiger partial charge in [0.05, 0.1) is 17.1 Å². The number of ketones is 1. The standard InChI is InChI=1S/C15H12ClN3OS/c16-8-15(20)13-9-19(21)14-7-10(3-4-12(13)14)6-11-2-1-5-17-18-11/h1-5,7,9,21H,6,8H2. The number of Topliss-reactive ketones (excluding diaryl/α,β-unsaturated/α-hetero) is 1. The Balaban J connectivity index is 2.01. The van der Waals surface area contributed by atoms with E-state index in [1.54, 1.807) is 16.4 Å². The SMILES string of the molecule is O=C(CCl)c1cn(S)c2cc(Cc3cccnn3)ccc12. The van der Waals surface area contributed by atoms with Crippen molar-refractivity contribution in [1.82, 2.24) is 14.2 Å². The van der Waals surface area contributed by atoms with E-state index in [0.717, 1.165) is 22.2 Å². The van der Waals surface area contributed by atoms with Crippen molar-refractivity contribution >= 4 is 41.1 Å². The molecule has 0 bridgehead atoms. The zero-order chi connectivity index (χ0) is 14.8. The van der Waals surface area contributed by atoms with Gasteiger partial charge in [-0.1, -0.05) is 24.9 Å². The molecule has 21 heavy (non-hydrogen) atoms. The molecular weight excluding hydrogens is 306 g/mol. The van der Waals surface area contributed by atoms with Gasteiger partial charge in [-0.15, -0.1) is 11.6 Å². The molecule has 0 amide bonds. The largest absolute Gasteiger partial charge is 0.293 e. The Morgan fingerprint density at radius 1 is 1.33 bits per heavy atom. The molecule has 0 fully saturated rings. The monoisotopic (exact) mass is 317 g/mol. The zero-order valence-corrected chi connectivity index (χ0v) is 12.7. The Labute approximate surface area is 132 Å². The molecule has 0 saturated carbocycles. The number of alkyl halides is 1. The second kappa shape index (κ2) is 5.87. The van der Waals surface area contributed by atoms with Crippen LogP contribution in [0.25, 0.3) is 10.9 Å². The number of rotatable bonds is 4. The maximum atomic E-state index is 11.8. The van der Waals surface area contributed by atoms with Gasteiger partial charge in [0.2, 0.25) is 0 Å². The van der Waals surface area contributed by atoms with Gasteiger partial charge in [0.15, 0.2) is 5.78 Å². The van der Waals surface area contributed by atoms with Crippen LogP contribution < -0.4 is 0 Å². The summed E-state index contributed by atoms with van der Waals surface area (Å²) in [5, 5.41) is 8.81. The molecule has 1 aromatic carbocycles. The molecule has 0 unspecified atom stereocenters. The number of nitrogens with zero attached hydrogens (tertiary/aromatic N) is 3. The Morgan fingerprint density at radius 2 is 2.19 bits per heavy atom.